The van der Waals surface area contributed by atoms with Crippen LogP contribution >= 0.6 is 0 Å². The summed E-state index contributed by atoms with van der Waals surface area (Å²) in [6.45, 7) is 7.34. The SMILES string of the molecule is C=CCc1ccc(C=C)cc1N. The third kappa shape index (κ3) is 1.76. The molecular formula is C11H13N. The van der Waals surface area contributed by atoms with Gasteiger partial charge in [0.15, 0.2) is 0 Å². The highest BCUT2D eigenvalue weighted by molar-refractivity contribution is 5.58. The van der Waals surface area contributed by atoms with Crippen molar-refractivity contribution in [2.24, 2.45) is 0 Å². The molecule has 12 heavy (non-hydrogen) atoms. The van der Waals surface area contributed by atoms with Crippen molar-refractivity contribution in [3.63, 3.8) is 0 Å². The molecule has 1 heteroatoms. The van der Waals surface area contributed by atoms with E-state index in [0.717, 1.165) is 23.2 Å². The Labute approximate surface area is 73.2 Å². The first-order chi connectivity index (χ1) is 5.77. The molecule has 1 rings (SSSR count). The average Bonchev–Trinajstić information content (AvgIpc) is 2.09. The summed E-state index contributed by atoms with van der Waals surface area (Å²) in [4.78, 5) is 0. The first-order valence-corrected chi connectivity index (χ1v) is 3.89. The Morgan fingerprint density at radius 1 is 1.33 bits per heavy atom. The first kappa shape index (κ1) is 8.60. The van der Waals surface area contributed by atoms with Crippen molar-refractivity contribution in [2.45, 2.75) is 6.42 Å². The Bertz CT molecular complexity index is 300. The lowest BCUT2D eigenvalue weighted by Crippen LogP contribution is -1.93. The molecule has 0 aromatic heterocycles. The summed E-state index contributed by atoms with van der Waals surface area (Å²) in [5, 5.41) is 0. The number of hydrogen-bond acceptors (Lipinski definition) is 1. The number of nitrogens with two attached hydrogens (primary N) is 1. The summed E-state index contributed by atoms with van der Waals surface area (Å²) in [5.41, 5.74) is 8.78. The van der Waals surface area contributed by atoms with Crippen LogP contribution in [0.5, 0.6) is 0 Å². The van der Waals surface area contributed by atoms with Crippen LogP contribution in [0.15, 0.2) is 37.4 Å². The number of benzene rings is 1. The van der Waals surface area contributed by atoms with Gasteiger partial charge in [-0.15, -0.1) is 6.58 Å². The van der Waals surface area contributed by atoms with E-state index in [9.17, 15) is 0 Å². The van der Waals surface area contributed by atoms with E-state index in [1.165, 1.54) is 0 Å². The van der Waals surface area contributed by atoms with E-state index in [1.807, 2.05) is 24.3 Å². The zero-order valence-corrected chi connectivity index (χ0v) is 7.09. The standard InChI is InChI=1S/C11H13N/c1-3-5-10-7-6-9(4-2)8-11(10)12/h3-4,6-8H,1-2,5,12H2. The quantitative estimate of drug-likeness (QED) is 0.532. The zero-order valence-electron chi connectivity index (χ0n) is 7.09. The molecule has 0 aliphatic carbocycles. The van der Waals surface area contributed by atoms with Crippen molar-refractivity contribution in [1.82, 2.24) is 0 Å². The van der Waals surface area contributed by atoms with E-state index in [1.54, 1.807) is 6.08 Å². The molecule has 0 aliphatic rings. The van der Waals surface area contributed by atoms with Gasteiger partial charge >= 0.3 is 0 Å². The topological polar surface area (TPSA) is 26.0 Å². The minimum absolute atomic E-state index is 0.812. The lowest BCUT2D eigenvalue weighted by molar-refractivity contribution is 1.28. The van der Waals surface area contributed by atoms with Gasteiger partial charge in [-0.1, -0.05) is 30.9 Å². The number of rotatable bonds is 3. The second-order valence-electron chi connectivity index (χ2n) is 2.66. The number of hydrogen-bond donors (Lipinski definition) is 1. The third-order valence-electron chi connectivity index (χ3n) is 1.77. The van der Waals surface area contributed by atoms with E-state index in [0.29, 0.717) is 0 Å². The zero-order chi connectivity index (χ0) is 8.97. The molecule has 0 aliphatic heterocycles. The Hall–Kier alpha value is -1.50. The predicted octanol–water partition coefficient (Wildman–Crippen LogP) is 2.64. The minimum atomic E-state index is 0.812. The Morgan fingerprint density at radius 2 is 2.08 bits per heavy atom. The highest BCUT2D eigenvalue weighted by Crippen LogP contribution is 2.15. The van der Waals surface area contributed by atoms with Gasteiger partial charge in [0.1, 0.15) is 0 Å². The highest BCUT2D eigenvalue weighted by Gasteiger charge is 1.96. The summed E-state index contributed by atoms with van der Waals surface area (Å²) < 4.78 is 0. The van der Waals surface area contributed by atoms with Gasteiger partial charge in [-0.2, -0.15) is 0 Å². The summed E-state index contributed by atoms with van der Waals surface area (Å²) in [7, 11) is 0. The van der Waals surface area contributed by atoms with Crippen molar-refractivity contribution in [3.05, 3.63) is 48.6 Å². The molecule has 62 valence electrons. The fourth-order valence-corrected chi connectivity index (χ4v) is 1.08. The molecule has 1 nitrogen and oxygen atoms in total. The number of allylic oxidation sites excluding steroid dienone is 1. The molecule has 0 heterocycles. The lowest BCUT2D eigenvalue weighted by Gasteiger charge is -2.03. The van der Waals surface area contributed by atoms with Crippen LogP contribution in [-0.4, -0.2) is 0 Å². The molecule has 0 spiro atoms. The van der Waals surface area contributed by atoms with Crippen molar-refractivity contribution in [2.75, 3.05) is 5.73 Å². The summed E-state index contributed by atoms with van der Waals surface area (Å²) in [6.07, 6.45) is 4.45. The molecule has 2 N–H and O–H groups in total. The van der Waals surface area contributed by atoms with Crippen LogP contribution in [0, 0.1) is 0 Å². The molecule has 0 amide bonds. The van der Waals surface area contributed by atoms with Crippen LogP contribution in [0.4, 0.5) is 5.69 Å². The van der Waals surface area contributed by atoms with Gasteiger partial charge in [0, 0.05) is 5.69 Å². The van der Waals surface area contributed by atoms with Crippen LogP contribution in [0.3, 0.4) is 0 Å². The maximum absolute atomic E-state index is 5.79. The van der Waals surface area contributed by atoms with Gasteiger partial charge in [0.25, 0.3) is 0 Å². The largest absolute Gasteiger partial charge is 0.398 e. The molecule has 0 saturated heterocycles. The van der Waals surface area contributed by atoms with Crippen LogP contribution in [0.25, 0.3) is 6.08 Å². The van der Waals surface area contributed by atoms with Gasteiger partial charge in [0.05, 0.1) is 0 Å². The van der Waals surface area contributed by atoms with E-state index < -0.39 is 0 Å². The van der Waals surface area contributed by atoms with Crippen LogP contribution < -0.4 is 5.73 Å². The van der Waals surface area contributed by atoms with Gasteiger partial charge in [0.2, 0.25) is 0 Å². The number of anilines is 1. The highest BCUT2D eigenvalue weighted by atomic mass is 14.6. The second-order valence-corrected chi connectivity index (χ2v) is 2.66. The van der Waals surface area contributed by atoms with Gasteiger partial charge in [-0.05, 0) is 23.6 Å². The van der Waals surface area contributed by atoms with Gasteiger partial charge in [-0.3, -0.25) is 0 Å². The summed E-state index contributed by atoms with van der Waals surface area (Å²) in [6, 6.07) is 5.93. The number of nitrogen functional groups attached to an aromatic ring is 1. The molecule has 0 radical (unpaired) electrons. The molecule has 0 bridgehead atoms. The molecule has 0 atom stereocenters. The fraction of sp³-hybridized carbons (Fsp3) is 0.0909. The second kappa shape index (κ2) is 3.77. The van der Waals surface area contributed by atoms with Crippen molar-refractivity contribution in [3.8, 4) is 0 Å². The average molecular weight is 159 g/mol. The molecule has 0 saturated carbocycles. The maximum atomic E-state index is 5.79. The monoisotopic (exact) mass is 159 g/mol. The van der Waals surface area contributed by atoms with Crippen molar-refractivity contribution in [1.29, 1.82) is 0 Å². The normalized spacial score (nSPS) is 9.33. The van der Waals surface area contributed by atoms with Gasteiger partial charge in [-0.25, -0.2) is 0 Å². The summed E-state index contributed by atoms with van der Waals surface area (Å²) >= 11 is 0. The molecule has 1 aromatic carbocycles. The minimum Gasteiger partial charge on any atom is -0.398 e. The maximum Gasteiger partial charge on any atom is 0.0355 e. The molecule has 0 fully saturated rings. The lowest BCUT2D eigenvalue weighted by atomic mass is 10.1. The van der Waals surface area contributed by atoms with E-state index >= 15 is 0 Å². The predicted molar refractivity (Wildman–Crippen MR) is 54.8 cm³/mol. The van der Waals surface area contributed by atoms with Crippen LogP contribution in [0.2, 0.25) is 0 Å². The Morgan fingerprint density at radius 3 is 2.58 bits per heavy atom. The fourth-order valence-electron chi connectivity index (χ4n) is 1.08. The van der Waals surface area contributed by atoms with E-state index in [-0.39, 0.29) is 0 Å². The van der Waals surface area contributed by atoms with Crippen molar-refractivity contribution >= 4 is 11.8 Å². The van der Waals surface area contributed by atoms with Gasteiger partial charge < -0.3 is 5.73 Å². The van der Waals surface area contributed by atoms with Crippen LogP contribution in [0.1, 0.15) is 11.1 Å². The first-order valence-electron chi connectivity index (χ1n) is 3.89. The third-order valence-corrected chi connectivity index (χ3v) is 1.77. The summed E-state index contributed by atoms with van der Waals surface area (Å²) in [5.74, 6) is 0. The Balaban J connectivity index is 3.02. The van der Waals surface area contributed by atoms with E-state index in [4.69, 9.17) is 5.73 Å². The molecular weight excluding hydrogens is 146 g/mol. The molecule has 1 aromatic rings. The molecule has 0 unspecified atom stereocenters. The Kier molecular flexibility index (Phi) is 2.70. The van der Waals surface area contributed by atoms with Crippen LogP contribution in [-0.2, 0) is 6.42 Å². The van der Waals surface area contributed by atoms with E-state index in [2.05, 4.69) is 13.2 Å². The smallest absolute Gasteiger partial charge is 0.0355 e. The van der Waals surface area contributed by atoms with Crippen molar-refractivity contribution < 1.29 is 0 Å².